The van der Waals surface area contributed by atoms with E-state index in [1.165, 1.54) is 17.4 Å². The minimum Gasteiger partial charge on any atom is -0.369 e. The zero-order chi connectivity index (χ0) is 21.0. The molecule has 0 N–H and O–H groups in total. The zero-order valence-electron chi connectivity index (χ0n) is 17.3. The molecule has 158 valence electrons. The van der Waals surface area contributed by atoms with Gasteiger partial charge in [-0.25, -0.2) is 8.42 Å². The Hall–Kier alpha value is -2.64. The highest BCUT2D eigenvalue weighted by Crippen LogP contribution is 2.20. The summed E-state index contributed by atoms with van der Waals surface area (Å²) < 4.78 is 25.2. The molecule has 1 fully saturated rings. The van der Waals surface area contributed by atoms with Crippen LogP contribution in [0.15, 0.2) is 67.0 Å². The molecule has 1 aliphatic rings. The van der Waals surface area contributed by atoms with Crippen molar-refractivity contribution < 1.29 is 8.42 Å². The molecular formula is C23H28N4O2S. The molecule has 0 aliphatic carbocycles. The van der Waals surface area contributed by atoms with E-state index in [1.807, 2.05) is 35.1 Å². The van der Waals surface area contributed by atoms with E-state index >= 15 is 0 Å². The number of piperazine rings is 1. The molecule has 0 atom stereocenters. The number of nitrogens with zero attached hydrogens (tertiary/aromatic N) is 4. The quantitative estimate of drug-likeness (QED) is 0.584. The Morgan fingerprint density at radius 3 is 2.33 bits per heavy atom. The van der Waals surface area contributed by atoms with Crippen LogP contribution < -0.4 is 4.90 Å². The number of hydrogen-bond acceptors (Lipinski definition) is 5. The van der Waals surface area contributed by atoms with Gasteiger partial charge in [-0.15, -0.1) is 0 Å². The number of rotatable bonds is 7. The number of anilines is 1. The summed E-state index contributed by atoms with van der Waals surface area (Å²) >= 11 is 0. The molecule has 0 radical (unpaired) electrons. The Kier molecular flexibility index (Phi) is 6.20. The fourth-order valence-corrected chi connectivity index (χ4v) is 4.70. The number of aromatic nitrogens is 2. The summed E-state index contributed by atoms with van der Waals surface area (Å²) in [6.45, 7) is 5.50. The van der Waals surface area contributed by atoms with E-state index in [9.17, 15) is 8.42 Å². The maximum Gasteiger partial charge on any atom is 0.151 e. The van der Waals surface area contributed by atoms with Gasteiger partial charge in [-0.1, -0.05) is 42.5 Å². The SMILES string of the molecule is CS(=O)(=O)Cc1cccc(N2CCN(Cc3cnn(Cc4ccccc4)c3)CC2)c1. The number of benzene rings is 2. The Labute approximate surface area is 178 Å². The van der Waals surface area contributed by atoms with Gasteiger partial charge in [0.15, 0.2) is 9.84 Å². The first-order chi connectivity index (χ1) is 14.4. The molecule has 4 rings (SSSR count). The first kappa shape index (κ1) is 20.6. The molecule has 0 unspecified atom stereocenters. The number of hydrogen-bond donors (Lipinski definition) is 0. The number of sulfone groups is 1. The van der Waals surface area contributed by atoms with Gasteiger partial charge in [0.25, 0.3) is 0 Å². The highest BCUT2D eigenvalue weighted by molar-refractivity contribution is 7.89. The molecule has 0 bridgehead atoms. The predicted molar refractivity (Wildman–Crippen MR) is 120 cm³/mol. The summed E-state index contributed by atoms with van der Waals surface area (Å²) in [5.74, 6) is 0.0910. The van der Waals surface area contributed by atoms with E-state index in [1.54, 1.807) is 0 Å². The van der Waals surface area contributed by atoms with Gasteiger partial charge in [0.2, 0.25) is 0 Å². The van der Waals surface area contributed by atoms with Crippen LogP contribution in [0.1, 0.15) is 16.7 Å². The van der Waals surface area contributed by atoms with Crippen molar-refractivity contribution in [2.75, 3.05) is 37.3 Å². The molecule has 1 saturated heterocycles. The molecule has 0 spiro atoms. The summed E-state index contributed by atoms with van der Waals surface area (Å²) in [6, 6.07) is 18.3. The van der Waals surface area contributed by atoms with Gasteiger partial charge >= 0.3 is 0 Å². The zero-order valence-corrected chi connectivity index (χ0v) is 18.1. The third kappa shape index (κ3) is 5.70. The monoisotopic (exact) mass is 424 g/mol. The Morgan fingerprint density at radius 1 is 0.867 bits per heavy atom. The summed E-state index contributed by atoms with van der Waals surface area (Å²) in [5.41, 5.74) is 4.43. The van der Waals surface area contributed by atoms with Crippen LogP contribution in [-0.2, 0) is 28.7 Å². The molecule has 1 aliphatic heterocycles. The van der Waals surface area contributed by atoms with Crippen molar-refractivity contribution in [3.63, 3.8) is 0 Å². The molecule has 3 aromatic rings. The van der Waals surface area contributed by atoms with Crippen molar-refractivity contribution >= 4 is 15.5 Å². The Morgan fingerprint density at radius 2 is 1.60 bits per heavy atom. The predicted octanol–water partition coefficient (Wildman–Crippen LogP) is 2.80. The lowest BCUT2D eigenvalue weighted by atomic mass is 10.2. The Bertz CT molecular complexity index is 1070. The highest BCUT2D eigenvalue weighted by Gasteiger charge is 2.18. The minimum absolute atomic E-state index is 0.0910. The summed E-state index contributed by atoms with van der Waals surface area (Å²) in [6.07, 6.45) is 5.37. The van der Waals surface area contributed by atoms with Gasteiger partial charge in [-0.3, -0.25) is 9.58 Å². The Balaban J connectivity index is 1.31. The van der Waals surface area contributed by atoms with E-state index in [4.69, 9.17) is 0 Å². The second kappa shape index (κ2) is 9.02. The molecule has 6 nitrogen and oxygen atoms in total. The molecule has 7 heteroatoms. The van der Waals surface area contributed by atoms with Crippen LogP contribution in [0.4, 0.5) is 5.69 Å². The molecule has 1 aromatic heterocycles. The van der Waals surface area contributed by atoms with Crippen LogP contribution in [0.5, 0.6) is 0 Å². The molecule has 2 aromatic carbocycles. The molecular weight excluding hydrogens is 396 g/mol. The van der Waals surface area contributed by atoms with Crippen molar-refractivity contribution in [1.82, 2.24) is 14.7 Å². The maximum atomic E-state index is 11.6. The third-order valence-electron chi connectivity index (χ3n) is 5.36. The third-order valence-corrected chi connectivity index (χ3v) is 6.21. The van der Waals surface area contributed by atoms with Crippen LogP contribution in [-0.4, -0.2) is 55.5 Å². The average Bonchev–Trinajstić information content (AvgIpc) is 3.15. The second-order valence-corrected chi connectivity index (χ2v) is 10.2. The van der Waals surface area contributed by atoms with E-state index in [0.717, 1.165) is 50.5 Å². The van der Waals surface area contributed by atoms with Crippen molar-refractivity contribution in [2.24, 2.45) is 0 Å². The van der Waals surface area contributed by atoms with E-state index < -0.39 is 9.84 Å². The van der Waals surface area contributed by atoms with Crippen molar-refractivity contribution in [1.29, 1.82) is 0 Å². The average molecular weight is 425 g/mol. The van der Waals surface area contributed by atoms with Crippen LogP contribution >= 0.6 is 0 Å². The van der Waals surface area contributed by atoms with Crippen LogP contribution in [0.2, 0.25) is 0 Å². The van der Waals surface area contributed by atoms with Crippen LogP contribution in [0.25, 0.3) is 0 Å². The van der Waals surface area contributed by atoms with E-state index in [-0.39, 0.29) is 5.75 Å². The summed E-state index contributed by atoms with van der Waals surface area (Å²) in [5, 5.41) is 4.51. The second-order valence-electron chi connectivity index (χ2n) is 8.03. The fourth-order valence-electron chi connectivity index (χ4n) is 3.91. The lowest BCUT2D eigenvalue weighted by Crippen LogP contribution is -2.45. The van der Waals surface area contributed by atoms with E-state index in [2.05, 4.69) is 51.4 Å². The standard InChI is InChI=1S/C23H28N4O2S/c1-30(28,29)19-21-8-5-9-23(14-21)26-12-10-25(11-13-26)16-22-15-24-27(18-22)17-20-6-3-2-4-7-20/h2-9,14-15,18H,10-13,16-17,19H2,1H3. The first-order valence-corrected chi connectivity index (χ1v) is 12.3. The maximum absolute atomic E-state index is 11.6. The van der Waals surface area contributed by atoms with Gasteiger partial charge in [0.1, 0.15) is 0 Å². The topological polar surface area (TPSA) is 58.4 Å². The summed E-state index contributed by atoms with van der Waals surface area (Å²) in [7, 11) is -3.02. The molecule has 30 heavy (non-hydrogen) atoms. The van der Waals surface area contributed by atoms with Crippen molar-refractivity contribution in [3.8, 4) is 0 Å². The first-order valence-electron chi connectivity index (χ1n) is 10.2. The lowest BCUT2D eigenvalue weighted by Gasteiger charge is -2.36. The van der Waals surface area contributed by atoms with Crippen molar-refractivity contribution in [3.05, 3.63) is 83.7 Å². The molecule has 0 saturated carbocycles. The van der Waals surface area contributed by atoms with Crippen LogP contribution in [0.3, 0.4) is 0 Å². The lowest BCUT2D eigenvalue weighted by molar-refractivity contribution is 0.250. The molecule has 2 heterocycles. The van der Waals surface area contributed by atoms with Gasteiger partial charge < -0.3 is 4.90 Å². The van der Waals surface area contributed by atoms with Gasteiger partial charge in [0, 0.05) is 56.4 Å². The van der Waals surface area contributed by atoms with Gasteiger partial charge in [0.05, 0.1) is 18.5 Å². The van der Waals surface area contributed by atoms with Gasteiger partial charge in [-0.05, 0) is 23.3 Å². The normalized spacial score (nSPS) is 15.4. The minimum atomic E-state index is -3.02. The van der Waals surface area contributed by atoms with Gasteiger partial charge in [-0.2, -0.15) is 5.10 Å². The highest BCUT2D eigenvalue weighted by atomic mass is 32.2. The van der Waals surface area contributed by atoms with E-state index in [0.29, 0.717) is 0 Å². The smallest absolute Gasteiger partial charge is 0.151 e. The molecule has 0 amide bonds. The fraction of sp³-hybridized carbons (Fsp3) is 0.348. The van der Waals surface area contributed by atoms with Crippen molar-refractivity contribution in [2.45, 2.75) is 18.8 Å². The van der Waals surface area contributed by atoms with Crippen LogP contribution in [0, 0.1) is 0 Å². The largest absolute Gasteiger partial charge is 0.369 e. The summed E-state index contributed by atoms with van der Waals surface area (Å²) in [4.78, 5) is 4.78.